The molecule has 17 heavy (non-hydrogen) atoms. The standard InChI is InChI=1S/C11H15N3O3/c1-2-17-10(15)5-6-13-9-4-3-8(7-14-9)11(12)16/h3-4,7H,2,5-6H2,1H3,(H2,12,16)(H,13,14). The fourth-order valence-electron chi connectivity index (χ4n) is 1.17. The first-order valence-electron chi connectivity index (χ1n) is 5.29. The number of pyridine rings is 1. The molecule has 1 rings (SSSR count). The average molecular weight is 237 g/mol. The Morgan fingerprint density at radius 3 is 2.76 bits per heavy atom. The van der Waals surface area contributed by atoms with Crippen LogP contribution in [0.2, 0.25) is 0 Å². The summed E-state index contributed by atoms with van der Waals surface area (Å²) in [6.45, 7) is 2.57. The number of amides is 1. The number of hydrogen-bond acceptors (Lipinski definition) is 5. The Kier molecular flexibility index (Phi) is 4.93. The molecule has 0 aliphatic heterocycles. The van der Waals surface area contributed by atoms with Crippen molar-refractivity contribution in [2.75, 3.05) is 18.5 Å². The Labute approximate surface area is 99.2 Å². The lowest BCUT2D eigenvalue weighted by Gasteiger charge is -2.05. The molecule has 0 bridgehead atoms. The molecule has 0 saturated carbocycles. The summed E-state index contributed by atoms with van der Waals surface area (Å²) in [6.07, 6.45) is 1.65. The third kappa shape index (κ3) is 4.50. The van der Waals surface area contributed by atoms with Crippen molar-refractivity contribution in [2.24, 2.45) is 5.73 Å². The van der Waals surface area contributed by atoms with E-state index in [0.717, 1.165) is 0 Å². The van der Waals surface area contributed by atoms with Crippen LogP contribution in [0.4, 0.5) is 5.82 Å². The van der Waals surface area contributed by atoms with Crippen LogP contribution < -0.4 is 11.1 Å². The van der Waals surface area contributed by atoms with Gasteiger partial charge in [-0.25, -0.2) is 4.98 Å². The quantitative estimate of drug-likeness (QED) is 0.704. The van der Waals surface area contributed by atoms with Crippen molar-refractivity contribution in [3.05, 3.63) is 23.9 Å². The Morgan fingerprint density at radius 1 is 1.47 bits per heavy atom. The number of nitrogens with two attached hydrogens (primary N) is 1. The summed E-state index contributed by atoms with van der Waals surface area (Å²) in [5.41, 5.74) is 5.42. The van der Waals surface area contributed by atoms with Crippen LogP contribution >= 0.6 is 0 Å². The summed E-state index contributed by atoms with van der Waals surface area (Å²) in [5, 5.41) is 2.94. The van der Waals surface area contributed by atoms with Gasteiger partial charge in [0.15, 0.2) is 0 Å². The molecule has 1 aromatic rings. The molecule has 92 valence electrons. The van der Waals surface area contributed by atoms with Gasteiger partial charge in [0.25, 0.3) is 0 Å². The molecule has 0 aromatic carbocycles. The number of primary amides is 1. The first kappa shape index (κ1) is 13.0. The second-order valence-corrected chi connectivity index (χ2v) is 3.28. The van der Waals surface area contributed by atoms with Crippen LogP contribution in [0.5, 0.6) is 0 Å². The van der Waals surface area contributed by atoms with Gasteiger partial charge >= 0.3 is 5.97 Å². The van der Waals surface area contributed by atoms with Gasteiger partial charge in [0.2, 0.25) is 5.91 Å². The largest absolute Gasteiger partial charge is 0.466 e. The van der Waals surface area contributed by atoms with Crippen molar-refractivity contribution in [2.45, 2.75) is 13.3 Å². The van der Waals surface area contributed by atoms with Gasteiger partial charge in [0, 0.05) is 12.7 Å². The molecule has 0 aliphatic carbocycles. The summed E-state index contributed by atoms with van der Waals surface area (Å²) in [5.74, 6) is -0.191. The molecule has 0 saturated heterocycles. The number of carbonyl (C=O) groups is 2. The van der Waals surface area contributed by atoms with Gasteiger partial charge in [-0.2, -0.15) is 0 Å². The van der Waals surface area contributed by atoms with Gasteiger partial charge in [-0.1, -0.05) is 0 Å². The van der Waals surface area contributed by atoms with Crippen LogP contribution in [0, 0.1) is 0 Å². The van der Waals surface area contributed by atoms with Crippen LogP contribution in [-0.2, 0) is 9.53 Å². The van der Waals surface area contributed by atoms with Gasteiger partial charge in [0.05, 0.1) is 18.6 Å². The SMILES string of the molecule is CCOC(=O)CCNc1ccc(C(N)=O)cn1. The maximum absolute atomic E-state index is 11.0. The molecular formula is C11H15N3O3. The molecule has 3 N–H and O–H groups in total. The van der Waals surface area contributed by atoms with Gasteiger partial charge in [-0.15, -0.1) is 0 Å². The number of rotatable bonds is 6. The van der Waals surface area contributed by atoms with E-state index in [-0.39, 0.29) is 12.4 Å². The molecule has 6 heteroatoms. The summed E-state index contributed by atoms with van der Waals surface area (Å²) in [4.78, 5) is 25.8. The molecule has 6 nitrogen and oxygen atoms in total. The Hall–Kier alpha value is -2.11. The predicted octanol–water partition coefficient (Wildman–Crippen LogP) is 0.546. The maximum atomic E-state index is 11.0. The van der Waals surface area contributed by atoms with Crippen molar-refractivity contribution < 1.29 is 14.3 Å². The zero-order chi connectivity index (χ0) is 12.7. The van der Waals surface area contributed by atoms with Crippen molar-refractivity contribution in [1.29, 1.82) is 0 Å². The van der Waals surface area contributed by atoms with E-state index in [2.05, 4.69) is 10.3 Å². The first-order chi connectivity index (χ1) is 8.13. The van der Waals surface area contributed by atoms with Gasteiger partial charge < -0.3 is 15.8 Å². The smallest absolute Gasteiger partial charge is 0.307 e. The summed E-state index contributed by atoms with van der Waals surface area (Å²) < 4.78 is 4.77. The van der Waals surface area contributed by atoms with E-state index < -0.39 is 5.91 Å². The minimum absolute atomic E-state index is 0.256. The molecule has 0 atom stereocenters. The van der Waals surface area contributed by atoms with Gasteiger partial charge in [-0.3, -0.25) is 9.59 Å². The number of carbonyl (C=O) groups excluding carboxylic acids is 2. The lowest BCUT2D eigenvalue weighted by atomic mass is 10.3. The number of hydrogen-bond donors (Lipinski definition) is 2. The fourth-order valence-corrected chi connectivity index (χ4v) is 1.17. The van der Waals surface area contributed by atoms with E-state index in [0.29, 0.717) is 24.5 Å². The number of nitrogens with zero attached hydrogens (tertiary/aromatic N) is 1. The van der Waals surface area contributed by atoms with Crippen molar-refractivity contribution in [1.82, 2.24) is 4.98 Å². The monoisotopic (exact) mass is 237 g/mol. The molecular weight excluding hydrogens is 222 g/mol. The Balaban J connectivity index is 2.37. The predicted molar refractivity (Wildman–Crippen MR) is 62.5 cm³/mol. The number of nitrogens with one attached hydrogen (secondary N) is 1. The van der Waals surface area contributed by atoms with E-state index >= 15 is 0 Å². The number of anilines is 1. The third-order valence-electron chi connectivity index (χ3n) is 1.99. The maximum Gasteiger partial charge on any atom is 0.307 e. The van der Waals surface area contributed by atoms with Gasteiger partial charge in [-0.05, 0) is 19.1 Å². The molecule has 1 amide bonds. The second kappa shape index (κ2) is 6.47. The highest BCUT2D eigenvalue weighted by Gasteiger charge is 2.03. The highest BCUT2D eigenvalue weighted by atomic mass is 16.5. The Bertz CT molecular complexity index is 389. The van der Waals surface area contributed by atoms with E-state index in [1.54, 1.807) is 19.1 Å². The highest BCUT2D eigenvalue weighted by molar-refractivity contribution is 5.92. The van der Waals surface area contributed by atoms with E-state index in [1.807, 2.05) is 0 Å². The molecule has 0 unspecified atom stereocenters. The normalized spacial score (nSPS) is 9.71. The first-order valence-corrected chi connectivity index (χ1v) is 5.29. The average Bonchev–Trinajstić information content (AvgIpc) is 2.30. The number of ether oxygens (including phenoxy) is 1. The van der Waals surface area contributed by atoms with E-state index in [1.165, 1.54) is 6.20 Å². The molecule has 0 fully saturated rings. The third-order valence-corrected chi connectivity index (χ3v) is 1.99. The molecule has 0 radical (unpaired) electrons. The highest BCUT2D eigenvalue weighted by Crippen LogP contribution is 2.04. The van der Waals surface area contributed by atoms with Crippen LogP contribution in [0.15, 0.2) is 18.3 Å². The zero-order valence-electron chi connectivity index (χ0n) is 9.60. The Morgan fingerprint density at radius 2 is 2.24 bits per heavy atom. The number of aromatic nitrogens is 1. The van der Waals surface area contributed by atoms with Crippen molar-refractivity contribution in [3.8, 4) is 0 Å². The van der Waals surface area contributed by atoms with Crippen LogP contribution in [0.25, 0.3) is 0 Å². The summed E-state index contributed by atoms with van der Waals surface area (Å²) in [6, 6.07) is 3.20. The topological polar surface area (TPSA) is 94.3 Å². The van der Waals surface area contributed by atoms with Crippen LogP contribution in [0.3, 0.4) is 0 Å². The molecule has 1 heterocycles. The summed E-state index contributed by atoms with van der Waals surface area (Å²) in [7, 11) is 0. The van der Waals surface area contributed by atoms with Crippen LogP contribution in [0.1, 0.15) is 23.7 Å². The zero-order valence-corrected chi connectivity index (χ0v) is 9.60. The minimum atomic E-state index is -0.518. The molecule has 0 spiro atoms. The fraction of sp³-hybridized carbons (Fsp3) is 0.364. The van der Waals surface area contributed by atoms with E-state index in [9.17, 15) is 9.59 Å². The second-order valence-electron chi connectivity index (χ2n) is 3.28. The van der Waals surface area contributed by atoms with Gasteiger partial charge in [0.1, 0.15) is 5.82 Å². The summed E-state index contributed by atoms with van der Waals surface area (Å²) >= 11 is 0. The molecule has 0 aliphatic rings. The number of esters is 1. The van der Waals surface area contributed by atoms with E-state index in [4.69, 9.17) is 10.5 Å². The van der Waals surface area contributed by atoms with Crippen molar-refractivity contribution in [3.63, 3.8) is 0 Å². The van der Waals surface area contributed by atoms with Crippen molar-refractivity contribution >= 4 is 17.7 Å². The lowest BCUT2D eigenvalue weighted by molar-refractivity contribution is -0.142. The minimum Gasteiger partial charge on any atom is -0.466 e. The van der Waals surface area contributed by atoms with Crippen LogP contribution in [-0.4, -0.2) is 30.0 Å². The molecule has 1 aromatic heterocycles. The lowest BCUT2D eigenvalue weighted by Crippen LogP contribution is -2.13.